The first-order valence-electron chi connectivity index (χ1n) is 8.22. The summed E-state index contributed by atoms with van der Waals surface area (Å²) in [5, 5.41) is 4.35. The molecule has 0 spiro atoms. The van der Waals surface area contributed by atoms with Crippen molar-refractivity contribution < 1.29 is 13.9 Å². The van der Waals surface area contributed by atoms with E-state index < -0.39 is 11.9 Å². The fourth-order valence-electron chi connectivity index (χ4n) is 3.21. The highest BCUT2D eigenvalue weighted by Gasteiger charge is 2.31. The molecule has 1 amide bonds. The van der Waals surface area contributed by atoms with Gasteiger partial charge < -0.3 is 10.5 Å². The highest BCUT2D eigenvalue weighted by molar-refractivity contribution is 5.81. The van der Waals surface area contributed by atoms with Gasteiger partial charge in [0.15, 0.2) is 0 Å². The quantitative estimate of drug-likeness (QED) is 0.871. The maximum absolute atomic E-state index is 13.2. The topological polar surface area (TPSA) is 86.3 Å². The molecule has 25 heavy (non-hydrogen) atoms. The normalized spacial score (nSPS) is 19.7. The minimum Gasteiger partial charge on any atom is -0.374 e. The zero-order chi connectivity index (χ0) is 18.0. The molecule has 1 aliphatic heterocycles. The molecule has 134 valence electrons. The number of carbonyl (C=O) groups excluding carboxylic acids is 1. The van der Waals surface area contributed by atoms with Gasteiger partial charge in [0.25, 0.3) is 0 Å². The van der Waals surface area contributed by atoms with Crippen LogP contribution in [0.15, 0.2) is 24.3 Å². The summed E-state index contributed by atoms with van der Waals surface area (Å²) in [6, 6.07) is 5.26. The van der Waals surface area contributed by atoms with E-state index in [1.54, 1.807) is 16.8 Å². The van der Waals surface area contributed by atoms with Gasteiger partial charge in [-0.05, 0) is 31.5 Å². The van der Waals surface area contributed by atoms with Crippen LogP contribution >= 0.6 is 0 Å². The Bertz CT molecular complexity index is 746. The zero-order valence-corrected chi connectivity index (χ0v) is 14.4. The number of hydrogen-bond acceptors (Lipinski definition) is 5. The number of amides is 1. The molecule has 1 aromatic heterocycles. The Morgan fingerprint density at radius 1 is 1.40 bits per heavy atom. The molecule has 0 saturated carbocycles. The average molecular weight is 347 g/mol. The molecule has 2 unspecified atom stereocenters. The molecule has 1 aliphatic rings. The Morgan fingerprint density at radius 3 is 2.72 bits per heavy atom. The summed E-state index contributed by atoms with van der Waals surface area (Å²) < 4.78 is 20.8. The molecule has 0 bridgehead atoms. The first-order valence-corrected chi connectivity index (χ1v) is 8.22. The van der Waals surface area contributed by atoms with Gasteiger partial charge in [-0.1, -0.05) is 12.1 Å². The molecule has 1 saturated heterocycles. The second-order valence-corrected chi connectivity index (χ2v) is 6.23. The van der Waals surface area contributed by atoms with Crippen LogP contribution in [0.1, 0.15) is 23.3 Å². The van der Waals surface area contributed by atoms with E-state index in [4.69, 9.17) is 10.5 Å². The lowest BCUT2D eigenvalue weighted by molar-refractivity contribution is -0.127. The second kappa shape index (κ2) is 7.28. The summed E-state index contributed by atoms with van der Waals surface area (Å²) in [4.78, 5) is 18.3. The van der Waals surface area contributed by atoms with Crippen molar-refractivity contribution >= 4 is 5.91 Å². The molecule has 2 aromatic rings. The summed E-state index contributed by atoms with van der Waals surface area (Å²) in [7, 11) is 0. The van der Waals surface area contributed by atoms with Gasteiger partial charge in [0.05, 0.1) is 19.3 Å². The van der Waals surface area contributed by atoms with Crippen molar-refractivity contribution in [3.8, 4) is 0 Å². The van der Waals surface area contributed by atoms with E-state index >= 15 is 0 Å². The Balaban J connectivity index is 1.75. The Morgan fingerprint density at radius 2 is 2.12 bits per heavy atom. The summed E-state index contributed by atoms with van der Waals surface area (Å²) >= 11 is 0. The molecule has 8 heteroatoms. The lowest BCUT2D eigenvalue weighted by Gasteiger charge is -2.37. The number of benzene rings is 1. The summed E-state index contributed by atoms with van der Waals surface area (Å²) in [5.41, 5.74) is 6.30. The molecule has 2 atom stereocenters. The summed E-state index contributed by atoms with van der Waals surface area (Å²) in [5.74, 6) is 0.735. The lowest BCUT2D eigenvalue weighted by Crippen LogP contribution is -2.49. The molecular weight excluding hydrogens is 325 g/mol. The van der Waals surface area contributed by atoms with E-state index in [1.807, 2.05) is 18.7 Å². The van der Waals surface area contributed by atoms with Crippen molar-refractivity contribution in [1.82, 2.24) is 19.7 Å². The molecule has 3 rings (SSSR count). The van der Waals surface area contributed by atoms with Crippen LogP contribution in [0.4, 0.5) is 4.39 Å². The summed E-state index contributed by atoms with van der Waals surface area (Å²) in [6.45, 7) is 5.89. The molecule has 2 heterocycles. The number of nitrogens with two attached hydrogens (primary N) is 1. The lowest BCUT2D eigenvalue weighted by atomic mass is 10.0. The van der Waals surface area contributed by atoms with Crippen molar-refractivity contribution in [3.63, 3.8) is 0 Å². The van der Waals surface area contributed by atoms with Crippen LogP contribution in [0, 0.1) is 19.7 Å². The molecule has 1 fully saturated rings. The van der Waals surface area contributed by atoms with Crippen molar-refractivity contribution in [3.05, 3.63) is 47.3 Å². The van der Waals surface area contributed by atoms with Crippen LogP contribution in [0.3, 0.4) is 0 Å². The van der Waals surface area contributed by atoms with E-state index in [2.05, 4.69) is 10.1 Å². The molecule has 1 aromatic carbocycles. The third-order valence-corrected chi connectivity index (χ3v) is 4.33. The molecule has 2 N–H and O–H groups in total. The predicted octanol–water partition coefficient (Wildman–Crippen LogP) is 0.961. The molecule has 7 nitrogen and oxygen atoms in total. The average Bonchev–Trinajstić information content (AvgIpc) is 2.87. The number of hydrogen-bond donors (Lipinski definition) is 1. The van der Waals surface area contributed by atoms with Gasteiger partial charge >= 0.3 is 0 Å². The Labute approximate surface area is 145 Å². The van der Waals surface area contributed by atoms with Crippen LogP contribution in [-0.4, -0.2) is 51.4 Å². The number of carbonyl (C=O) groups is 1. The van der Waals surface area contributed by atoms with Crippen molar-refractivity contribution in [2.75, 3.05) is 19.7 Å². The zero-order valence-electron chi connectivity index (χ0n) is 14.4. The highest BCUT2D eigenvalue weighted by atomic mass is 19.1. The smallest absolute Gasteiger partial charge is 0.239 e. The third kappa shape index (κ3) is 4.02. The van der Waals surface area contributed by atoms with Crippen molar-refractivity contribution in [1.29, 1.82) is 0 Å². The number of aromatic nitrogens is 3. The largest absolute Gasteiger partial charge is 0.374 e. The van der Waals surface area contributed by atoms with Crippen LogP contribution in [0.5, 0.6) is 0 Å². The van der Waals surface area contributed by atoms with E-state index in [0.717, 1.165) is 5.82 Å². The van der Waals surface area contributed by atoms with Crippen molar-refractivity contribution in [2.45, 2.75) is 32.5 Å². The number of ether oxygens (including phenoxy) is 1. The number of morpholine rings is 1. The summed E-state index contributed by atoms with van der Waals surface area (Å²) in [6.07, 6.45) is -0.129. The monoisotopic (exact) mass is 347 g/mol. The number of rotatable bonds is 5. The van der Waals surface area contributed by atoms with Crippen LogP contribution < -0.4 is 5.73 Å². The third-order valence-electron chi connectivity index (χ3n) is 4.33. The highest BCUT2D eigenvalue weighted by Crippen LogP contribution is 2.24. The fraction of sp³-hybridized carbons (Fsp3) is 0.471. The first-order chi connectivity index (χ1) is 11.9. The van der Waals surface area contributed by atoms with Gasteiger partial charge in [-0.3, -0.25) is 9.69 Å². The van der Waals surface area contributed by atoms with Gasteiger partial charge in [-0.15, -0.1) is 0 Å². The predicted molar refractivity (Wildman–Crippen MR) is 89.1 cm³/mol. The second-order valence-electron chi connectivity index (χ2n) is 6.23. The number of nitrogens with zero attached hydrogens (tertiary/aromatic N) is 4. The minimum absolute atomic E-state index is 0.129. The maximum atomic E-state index is 13.2. The fourth-order valence-corrected chi connectivity index (χ4v) is 3.21. The number of halogens is 1. The maximum Gasteiger partial charge on any atom is 0.239 e. The van der Waals surface area contributed by atoms with Gasteiger partial charge in [0.2, 0.25) is 5.91 Å². The minimum atomic E-state index is -0.606. The standard InChI is InChI=1S/C17H22FN5O2/c1-11-20-12(2)23(21-11)10-15-9-22(7-8-25-15)16(17(19)24)13-3-5-14(18)6-4-13/h3-6,15-16H,7-10H2,1-2H3,(H2,19,24). The van der Waals surface area contributed by atoms with Gasteiger partial charge in [-0.25, -0.2) is 14.1 Å². The first kappa shape index (κ1) is 17.5. The van der Waals surface area contributed by atoms with Crippen molar-refractivity contribution in [2.24, 2.45) is 5.73 Å². The Kier molecular flexibility index (Phi) is 5.10. The molecule has 0 radical (unpaired) electrons. The molecule has 0 aliphatic carbocycles. The Hall–Kier alpha value is -2.32. The van der Waals surface area contributed by atoms with E-state index in [1.165, 1.54) is 12.1 Å². The van der Waals surface area contributed by atoms with Crippen LogP contribution in [0.25, 0.3) is 0 Å². The van der Waals surface area contributed by atoms with Gasteiger partial charge in [0.1, 0.15) is 23.5 Å². The van der Waals surface area contributed by atoms with Gasteiger partial charge in [-0.2, -0.15) is 5.10 Å². The number of primary amides is 1. The number of aryl methyl sites for hydroxylation is 2. The van der Waals surface area contributed by atoms with Gasteiger partial charge in [0, 0.05) is 13.1 Å². The van der Waals surface area contributed by atoms with E-state index in [0.29, 0.717) is 37.6 Å². The van der Waals surface area contributed by atoms with E-state index in [9.17, 15) is 9.18 Å². The van der Waals surface area contributed by atoms with Crippen LogP contribution in [-0.2, 0) is 16.1 Å². The van der Waals surface area contributed by atoms with Crippen LogP contribution in [0.2, 0.25) is 0 Å². The molecular formula is C17H22FN5O2. The van der Waals surface area contributed by atoms with E-state index in [-0.39, 0.29) is 11.9 Å². The SMILES string of the molecule is Cc1nc(C)n(CC2CN(C(C(N)=O)c3ccc(F)cc3)CCO2)n1.